The van der Waals surface area contributed by atoms with Crippen molar-refractivity contribution < 1.29 is 0 Å². The molecule has 0 spiro atoms. The minimum atomic E-state index is 0. The van der Waals surface area contributed by atoms with Crippen LogP contribution in [-0.4, -0.2) is 30.6 Å². The molecule has 2 rings (SSSR count). The van der Waals surface area contributed by atoms with Crippen LogP contribution in [0.5, 0.6) is 0 Å². The van der Waals surface area contributed by atoms with E-state index < -0.39 is 0 Å². The minimum absolute atomic E-state index is 0. The Hall–Kier alpha value is 0.210. The van der Waals surface area contributed by atoms with Gasteiger partial charge in [-0.3, -0.25) is 0 Å². The van der Waals surface area contributed by atoms with Gasteiger partial charge >= 0.3 is 0 Å². The molecule has 1 unspecified atom stereocenters. The van der Waals surface area contributed by atoms with Crippen molar-refractivity contribution in [1.82, 2.24) is 4.90 Å². The highest BCUT2D eigenvalue weighted by atomic mass is 35.5. The summed E-state index contributed by atoms with van der Waals surface area (Å²) in [6.07, 6.45) is 2.64. The van der Waals surface area contributed by atoms with Gasteiger partial charge in [-0.05, 0) is 30.6 Å². The molecule has 3 heteroatoms. The van der Waals surface area contributed by atoms with Crippen LogP contribution in [0, 0.1) is 17.8 Å². The topological polar surface area (TPSA) is 29.3 Å². The number of likely N-dealkylation sites (tertiary alicyclic amines) is 1. The molecular formula is C11H23ClN2. The smallest absolute Gasteiger partial charge is 0.00826 e. The van der Waals surface area contributed by atoms with E-state index >= 15 is 0 Å². The first-order valence-electron chi connectivity index (χ1n) is 5.64. The van der Waals surface area contributed by atoms with Gasteiger partial charge in [0.05, 0.1) is 0 Å². The standard InChI is InChI=1S/C11H22N2.ClH/c1-8(2)5-13-6-9-3-4-11(12)10(9)7-13;/h8-11H,3-7,12H2,1-2H3;1H/t9-,10+,11?;/m0./s1. The number of fused-ring (bicyclic) bond motifs is 1. The third-order valence-corrected chi connectivity index (χ3v) is 3.61. The van der Waals surface area contributed by atoms with Gasteiger partial charge in [-0.2, -0.15) is 0 Å². The zero-order valence-corrected chi connectivity index (χ0v) is 10.1. The molecule has 2 aliphatic rings. The summed E-state index contributed by atoms with van der Waals surface area (Å²) >= 11 is 0. The lowest BCUT2D eigenvalue weighted by Gasteiger charge is -2.20. The molecule has 0 aromatic carbocycles. The monoisotopic (exact) mass is 218 g/mol. The average Bonchev–Trinajstić information content (AvgIpc) is 2.53. The lowest BCUT2D eigenvalue weighted by molar-refractivity contribution is 0.272. The van der Waals surface area contributed by atoms with Gasteiger partial charge in [-0.25, -0.2) is 0 Å². The summed E-state index contributed by atoms with van der Waals surface area (Å²) in [5, 5.41) is 0. The summed E-state index contributed by atoms with van der Waals surface area (Å²) < 4.78 is 0. The fraction of sp³-hybridized carbons (Fsp3) is 1.00. The van der Waals surface area contributed by atoms with Gasteiger partial charge in [0.2, 0.25) is 0 Å². The SMILES string of the molecule is CC(C)CN1C[C@@H]2CCC(N)[C@@H]2C1.Cl. The van der Waals surface area contributed by atoms with E-state index in [1.54, 1.807) is 0 Å². The molecule has 1 saturated heterocycles. The van der Waals surface area contributed by atoms with E-state index in [-0.39, 0.29) is 12.4 Å². The Bertz CT molecular complexity index is 184. The summed E-state index contributed by atoms with van der Waals surface area (Å²) in [6.45, 7) is 8.45. The van der Waals surface area contributed by atoms with E-state index in [1.807, 2.05) is 0 Å². The maximum Gasteiger partial charge on any atom is 0.00826 e. The van der Waals surface area contributed by atoms with Crippen molar-refractivity contribution in [3.63, 3.8) is 0 Å². The van der Waals surface area contributed by atoms with E-state index in [1.165, 1.54) is 32.5 Å². The molecule has 0 aromatic heterocycles. The van der Waals surface area contributed by atoms with Gasteiger partial charge in [0.25, 0.3) is 0 Å². The molecule has 2 fully saturated rings. The summed E-state index contributed by atoms with van der Waals surface area (Å²) in [6, 6.07) is 0.502. The number of rotatable bonds is 2. The van der Waals surface area contributed by atoms with E-state index in [0.29, 0.717) is 6.04 Å². The first-order chi connectivity index (χ1) is 6.16. The van der Waals surface area contributed by atoms with E-state index in [4.69, 9.17) is 5.73 Å². The third-order valence-electron chi connectivity index (χ3n) is 3.61. The number of hydrogen-bond acceptors (Lipinski definition) is 2. The Morgan fingerprint density at radius 2 is 2.00 bits per heavy atom. The van der Waals surface area contributed by atoms with E-state index in [0.717, 1.165) is 17.8 Å². The summed E-state index contributed by atoms with van der Waals surface area (Å²) in [5.41, 5.74) is 6.09. The number of nitrogens with zero attached hydrogens (tertiary/aromatic N) is 1. The Balaban J connectivity index is 0.000000980. The lowest BCUT2D eigenvalue weighted by Crippen LogP contribution is -2.31. The van der Waals surface area contributed by atoms with Crippen LogP contribution in [0.15, 0.2) is 0 Å². The third kappa shape index (κ3) is 2.41. The number of halogens is 1. The number of nitrogens with two attached hydrogens (primary N) is 1. The highest BCUT2D eigenvalue weighted by Gasteiger charge is 2.40. The summed E-state index contributed by atoms with van der Waals surface area (Å²) in [5.74, 6) is 2.54. The predicted molar refractivity (Wildman–Crippen MR) is 62.7 cm³/mol. The Morgan fingerprint density at radius 3 is 2.57 bits per heavy atom. The Morgan fingerprint density at radius 1 is 1.29 bits per heavy atom. The van der Waals surface area contributed by atoms with Crippen molar-refractivity contribution in [2.24, 2.45) is 23.5 Å². The molecule has 0 amide bonds. The second-order valence-corrected chi connectivity index (χ2v) is 5.28. The quantitative estimate of drug-likeness (QED) is 0.765. The molecule has 84 valence electrons. The zero-order chi connectivity index (χ0) is 9.42. The van der Waals surface area contributed by atoms with Crippen LogP contribution in [0.3, 0.4) is 0 Å². The van der Waals surface area contributed by atoms with Crippen LogP contribution in [-0.2, 0) is 0 Å². The fourth-order valence-electron chi connectivity index (χ4n) is 3.07. The van der Waals surface area contributed by atoms with Gasteiger partial charge < -0.3 is 10.6 Å². The molecule has 1 saturated carbocycles. The average molecular weight is 219 g/mol. The first kappa shape index (κ1) is 12.3. The molecule has 2 nitrogen and oxygen atoms in total. The van der Waals surface area contributed by atoms with Crippen LogP contribution in [0.25, 0.3) is 0 Å². The minimum Gasteiger partial charge on any atom is -0.327 e. The Kier molecular flexibility index (Phi) is 4.23. The van der Waals surface area contributed by atoms with Crippen LogP contribution < -0.4 is 5.73 Å². The number of hydrogen-bond donors (Lipinski definition) is 1. The van der Waals surface area contributed by atoms with Crippen molar-refractivity contribution in [2.75, 3.05) is 19.6 Å². The summed E-state index contributed by atoms with van der Waals surface area (Å²) in [7, 11) is 0. The van der Waals surface area contributed by atoms with Crippen molar-refractivity contribution in [3.8, 4) is 0 Å². The Labute approximate surface area is 93.6 Å². The lowest BCUT2D eigenvalue weighted by atomic mass is 9.98. The van der Waals surface area contributed by atoms with Crippen molar-refractivity contribution in [2.45, 2.75) is 32.7 Å². The highest BCUT2D eigenvalue weighted by Crippen LogP contribution is 2.37. The summed E-state index contributed by atoms with van der Waals surface area (Å²) in [4.78, 5) is 2.61. The predicted octanol–water partition coefficient (Wildman–Crippen LogP) is 1.73. The van der Waals surface area contributed by atoms with Crippen LogP contribution in [0.2, 0.25) is 0 Å². The molecule has 1 aliphatic carbocycles. The normalized spacial score (nSPS) is 37.3. The first-order valence-corrected chi connectivity index (χ1v) is 5.64. The van der Waals surface area contributed by atoms with E-state index in [2.05, 4.69) is 18.7 Å². The maximum absolute atomic E-state index is 6.09. The molecule has 1 heterocycles. The van der Waals surface area contributed by atoms with Gasteiger partial charge in [-0.15, -0.1) is 12.4 Å². The second-order valence-electron chi connectivity index (χ2n) is 5.28. The van der Waals surface area contributed by atoms with Crippen molar-refractivity contribution >= 4 is 12.4 Å². The molecule has 0 radical (unpaired) electrons. The molecule has 0 bridgehead atoms. The van der Waals surface area contributed by atoms with Gasteiger partial charge in [0.15, 0.2) is 0 Å². The fourth-order valence-corrected chi connectivity index (χ4v) is 3.07. The molecule has 1 aliphatic heterocycles. The highest BCUT2D eigenvalue weighted by molar-refractivity contribution is 5.85. The molecule has 0 aromatic rings. The van der Waals surface area contributed by atoms with E-state index in [9.17, 15) is 0 Å². The van der Waals surface area contributed by atoms with Crippen LogP contribution in [0.1, 0.15) is 26.7 Å². The van der Waals surface area contributed by atoms with Gasteiger partial charge in [0, 0.05) is 25.7 Å². The van der Waals surface area contributed by atoms with Crippen LogP contribution >= 0.6 is 12.4 Å². The van der Waals surface area contributed by atoms with Gasteiger partial charge in [0.1, 0.15) is 0 Å². The maximum atomic E-state index is 6.09. The van der Waals surface area contributed by atoms with Crippen molar-refractivity contribution in [3.05, 3.63) is 0 Å². The van der Waals surface area contributed by atoms with Gasteiger partial charge in [-0.1, -0.05) is 13.8 Å². The molecular weight excluding hydrogens is 196 g/mol. The molecule has 3 atom stereocenters. The molecule has 14 heavy (non-hydrogen) atoms. The van der Waals surface area contributed by atoms with Crippen molar-refractivity contribution in [1.29, 1.82) is 0 Å². The zero-order valence-electron chi connectivity index (χ0n) is 9.28. The second kappa shape index (κ2) is 4.82. The van der Waals surface area contributed by atoms with Crippen LogP contribution in [0.4, 0.5) is 0 Å². The largest absolute Gasteiger partial charge is 0.327 e. The molecule has 2 N–H and O–H groups in total.